The molecule has 1 aliphatic rings. The van der Waals surface area contributed by atoms with Crippen LogP contribution in [0.15, 0.2) is 53.4 Å². The minimum Gasteiger partial charge on any atom is -0.324 e. The number of benzene rings is 2. The van der Waals surface area contributed by atoms with Crippen molar-refractivity contribution in [2.45, 2.75) is 17.9 Å². The molecule has 2 aromatic rings. The number of nitrogens with zero attached hydrogens (tertiary/aromatic N) is 1. The van der Waals surface area contributed by atoms with Gasteiger partial charge in [0, 0.05) is 10.7 Å². The highest BCUT2D eigenvalue weighted by Crippen LogP contribution is 2.31. The predicted molar refractivity (Wildman–Crippen MR) is 89.3 cm³/mol. The van der Waals surface area contributed by atoms with Crippen molar-refractivity contribution in [3.8, 4) is 0 Å². The van der Waals surface area contributed by atoms with Crippen LogP contribution in [0.3, 0.4) is 0 Å². The molecule has 0 fully saturated rings. The monoisotopic (exact) mass is 364 g/mol. The molecule has 0 bridgehead atoms. The molecule has 0 saturated heterocycles. The summed E-state index contributed by atoms with van der Waals surface area (Å²) in [6.45, 7) is 1.36. The van der Waals surface area contributed by atoms with E-state index in [4.69, 9.17) is 11.6 Å². The SMILES string of the molecule is C[C@H](C(=O)Nc1cccc(Cl)c1)N1C(=O)c2ccccc2S1(=O)=O. The molecule has 2 amide bonds. The standard InChI is InChI=1S/C16H13ClN2O4S/c1-10(15(20)18-12-6-4-5-11(17)9-12)19-16(21)13-7-2-3-8-14(13)24(19,22)23/h2-10H,1H3,(H,18,20)/t10-/m1/s1. The lowest BCUT2D eigenvalue weighted by molar-refractivity contribution is -0.118. The Labute approximate surface area is 144 Å². The van der Waals surface area contributed by atoms with Gasteiger partial charge in [0.25, 0.3) is 15.9 Å². The Balaban J connectivity index is 1.89. The van der Waals surface area contributed by atoms with Crippen LogP contribution in [0.2, 0.25) is 5.02 Å². The molecule has 1 aliphatic heterocycles. The van der Waals surface area contributed by atoms with E-state index < -0.39 is 27.9 Å². The summed E-state index contributed by atoms with van der Waals surface area (Å²) in [6.07, 6.45) is 0. The van der Waals surface area contributed by atoms with Crippen molar-refractivity contribution >= 4 is 39.1 Å². The van der Waals surface area contributed by atoms with Crippen molar-refractivity contribution in [3.63, 3.8) is 0 Å². The van der Waals surface area contributed by atoms with Gasteiger partial charge in [0.1, 0.15) is 10.9 Å². The molecule has 1 N–H and O–H groups in total. The largest absolute Gasteiger partial charge is 0.324 e. The van der Waals surface area contributed by atoms with E-state index in [1.54, 1.807) is 24.3 Å². The van der Waals surface area contributed by atoms with Gasteiger partial charge in [0.05, 0.1) is 5.56 Å². The molecule has 0 aromatic heterocycles. The van der Waals surface area contributed by atoms with Gasteiger partial charge in [0.15, 0.2) is 0 Å². The Kier molecular flexibility index (Phi) is 4.06. The first-order valence-electron chi connectivity index (χ1n) is 7.06. The molecular weight excluding hydrogens is 352 g/mol. The highest BCUT2D eigenvalue weighted by atomic mass is 35.5. The van der Waals surface area contributed by atoms with Crippen molar-refractivity contribution in [1.29, 1.82) is 0 Å². The number of anilines is 1. The number of halogens is 1. The first-order chi connectivity index (χ1) is 11.3. The number of fused-ring (bicyclic) bond motifs is 1. The number of hydrogen-bond donors (Lipinski definition) is 1. The highest BCUT2D eigenvalue weighted by Gasteiger charge is 2.45. The Bertz CT molecular complexity index is 943. The zero-order valence-electron chi connectivity index (χ0n) is 12.6. The van der Waals surface area contributed by atoms with E-state index in [2.05, 4.69) is 5.32 Å². The quantitative estimate of drug-likeness (QED) is 0.907. The number of sulfonamides is 1. The molecule has 0 unspecified atom stereocenters. The zero-order chi connectivity index (χ0) is 17.5. The average molecular weight is 365 g/mol. The normalized spacial score (nSPS) is 16.6. The lowest BCUT2D eigenvalue weighted by atomic mass is 10.2. The van der Waals surface area contributed by atoms with Crippen LogP contribution in [0.5, 0.6) is 0 Å². The summed E-state index contributed by atoms with van der Waals surface area (Å²) in [7, 11) is -4.04. The second-order valence-corrected chi connectivity index (χ2v) is 7.50. The molecule has 0 saturated carbocycles. The van der Waals surface area contributed by atoms with Crippen molar-refractivity contribution in [1.82, 2.24) is 4.31 Å². The summed E-state index contributed by atoms with van der Waals surface area (Å²) in [5.41, 5.74) is 0.487. The summed E-state index contributed by atoms with van der Waals surface area (Å²) in [5, 5.41) is 2.99. The van der Waals surface area contributed by atoms with Gasteiger partial charge in [-0.25, -0.2) is 12.7 Å². The van der Waals surface area contributed by atoms with E-state index in [9.17, 15) is 18.0 Å². The summed E-state index contributed by atoms with van der Waals surface area (Å²) in [4.78, 5) is 24.7. The first kappa shape index (κ1) is 16.5. The number of rotatable bonds is 3. The minimum atomic E-state index is -4.04. The van der Waals surface area contributed by atoms with E-state index in [-0.39, 0.29) is 10.5 Å². The number of amides is 2. The molecule has 0 spiro atoms. The first-order valence-corrected chi connectivity index (χ1v) is 8.88. The van der Waals surface area contributed by atoms with Gasteiger partial charge in [-0.3, -0.25) is 9.59 Å². The van der Waals surface area contributed by atoms with E-state index in [0.29, 0.717) is 15.0 Å². The molecule has 2 aromatic carbocycles. The van der Waals surface area contributed by atoms with Crippen LogP contribution in [0.25, 0.3) is 0 Å². The van der Waals surface area contributed by atoms with Crippen molar-refractivity contribution in [2.75, 3.05) is 5.32 Å². The third-order valence-electron chi connectivity index (χ3n) is 3.68. The molecule has 3 rings (SSSR count). The maximum Gasteiger partial charge on any atom is 0.269 e. The molecule has 1 atom stereocenters. The molecule has 8 heteroatoms. The highest BCUT2D eigenvalue weighted by molar-refractivity contribution is 7.90. The fraction of sp³-hybridized carbons (Fsp3) is 0.125. The van der Waals surface area contributed by atoms with Crippen LogP contribution < -0.4 is 5.32 Å². The van der Waals surface area contributed by atoms with Gasteiger partial charge < -0.3 is 5.32 Å². The Morgan fingerprint density at radius 2 is 1.88 bits per heavy atom. The fourth-order valence-corrected chi connectivity index (χ4v) is 4.42. The third-order valence-corrected chi connectivity index (χ3v) is 5.82. The van der Waals surface area contributed by atoms with E-state index in [0.717, 1.165) is 0 Å². The summed E-state index contributed by atoms with van der Waals surface area (Å²) in [5.74, 6) is -1.33. The lowest BCUT2D eigenvalue weighted by Gasteiger charge is -2.22. The van der Waals surface area contributed by atoms with Gasteiger partial charge in [-0.15, -0.1) is 0 Å². The number of carbonyl (C=O) groups is 2. The number of carbonyl (C=O) groups excluding carboxylic acids is 2. The molecule has 1 heterocycles. The van der Waals surface area contributed by atoms with E-state index in [1.807, 2.05) is 0 Å². The minimum absolute atomic E-state index is 0.0694. The van der Waals surface area contributed by atoms with Crippen LogP contribution in [-0.4, -0.2) is 30.6 Å². The summed E-state index contributed by atoms with van der Waals surface area (Å²) in [6, 6.07) is 11.1. The zero-order valence-corrected chi connectivity index (χ0v) is 14.1. The van der Waals surface area contributed by atoms with Gasteiger partial charge in [-0.1, -0.05) is 29.8 Å². The second kappa shape index (κ2) is 5.92. The number of hydrogen-bond acceptors (Lipinski definition) is 4. The molecule has 0 radical (unpaired) electrons. The van der Waals surface area contributed by atoms with Crippen molar-refractivity contribution in [2.24, 2.45) is 0 Å². The summed E-state index contributed by atoms with van der Waals surface area (Å²) >= 11 is 5.85. The Hall–Kier alpha value is -2.38. The smallest absolute Gasteiger partial charge is 0.269 e. The van der Waals surface area contributed by atoms with Gasteiger partial charge in [-0.05, 0) is 37.3 Å². The van der Waals surface area contributed by atoms with Crippen LogP contribution in [-0.2, 0) is 14.8 Å². The Morgan fingerprint density at radius 3 is 2.54 bits per heavy atom. The van der Waals surface area contributed by atoms with Crippen LogP contribution in [0.4, 0.5) is 5.69 Å². The van der Waals surface area contributed by atoms with Crippen LogP contribution in [0, 0.1) is 0 Å². The molecule has 0 aliphatic carbocycles. The maximum absolute atomic E-state index is 12.6. The topological polar surface area (TPSA) is 83.6 Å². The van der Waals surface area contributed by atoms with Crippen LogP contribution in [0.1, 0.15) is 17.3 Å². The average Bonchev–Trinajstić information content (AvgIpc) is 2.74. The number of nitrogens with one attached hydrogen (secondary N) is 1. The molecule has 24 heavy (non-hydrogen) atoms. The maximum atomic E-state index is 12.6. The van der Waals surface area contributed by atoms with Gasteiger partial charge >= 0.3 is 0 Å². The Morgan fingerprint density at radius 1 is 1.17 bits per heavy atom. The molecule has 6 nitrogen and oxygen atoms in total. The molecule has 124 valence electrons. The van der Waals surface area contributed by atoms with Crippen LogP contribution >= 0.6 is 11.6 Å². The van der Waals surface area contributed by atoms with Crippen molar-refractivity contribution in [3.05, 3.63) is 59.1 Å². The lowest BCUT2D eigenvalue weighted by Crippen LogP contribution is -2.45. The third kappa shape index (κ3) is 2.65. The fourth-order valence-electron chi connectivity index (χ4n) is 2.51. The van der Waals surface area contributed by atoms with Crippen molar-refractivity contribution < 1.29 is 18.0 Å². The molecular formula is C16H13ClN2O4S. The second-order valence-electron chi connectivity index (χ2n) is 5.28. The predicted octanol–water partition coefficient (Wildman–Crippen LogP) is 2.51. The van der Waals surface area contributed by atoms with E-state index in [1.165, 1.54) is 31.2 Å². The van der Waals surface area contributed by atoms with Gasteiger partial charge in [-0.2, -0.15) is 0 Å². The van der Waals surface area contributed by atoms with E-state index >= 15 is 0 Å². The summed E-state index contributed by atoms with van der Waals surface area (Å²) < 4.78 is 25.7. The van der Waals surface area contributed by atoms with Gasteiger partial charge in [0.2, 0.25) is 5.91 Å².